The highest BCUT2D eigenvalue weighted by Crippen LogP contribution is 2.24. The van der Waals surface area contributed by atoms with E-state index in [1.807, 2.05) is 49.5 Å². The summed E-state index contributed by atoms with van der Waals surface area (Å²) in [6, 6.07) is 15.0. The summed E-state index contributed by atoms with van der Waals surface area (Å²) in [5.41, 5.74) is 3.40. The fraction of sp³-hybridized carbons (Fsp3) is 0.0588. The Balaban J connectivity index is 1.77. The molecule has 0 fully saturated rings. The molecule has 110 valence electrons. The van der Waals surface area contributed by atoms with Crippen molar-refractivity contribution in [3.63, 3.8) is 0 Å². The second-order valence-electron chi connectivity index (χ2n) is 4.93. The van der Waals surface area contributed by atoms with Crippen LogP contribution in [0.15, 0.2) is 65.4 Å². The van der Waals surface area contributed by atoms with Gasteiger partial charge in [-0.05, 0) is 70.9 Å². The molecular weight excluding hydrogens is 342 g/mol. The van der Waals surface area contributed by atoms with E-state index < -0.39 is 0 Å². The molecule has 2 aromatic carbocycles. The first-order chi connectivity index (χ1) is 10.6. The Labute approximate surface area is 136 Å². The Bertz CT molecular complexity index is 795. The summed E-state index contributed by atoms with van der Waals surface area (Å²) >= 11 is 3.46. The number of anilines is 1. The second-order valence-corrected chi connectivity index (χ2v) is 5.79. The predicted octanol–water partition coefficient (Wildman–Crippen LogP) is 4.20. The number of nitrogens with zero attached hydrogens (tertiary/aromatic N) is 2. The summed E-state index contributed by atoms with van der Waals surface area (Å²) < 4.78 is 2.62. The lowest BCUT2D eigenvalue weighted by Gasteiger charge is -2.09. The van der Waals surface area contributed by atoms with E-state index in [2.05, 4.69) is 26.3 Å². The van der Waals surface area contributed by atoms with Crippen LogP contribution in [0, 0.1) is 6.92 Å². The van der Waals surface area contributed by atoms with Crippen molar-refractivity contribution in [3.05, 3.63) is 76.5 Å². The molecule has 1 N–H and O–H groups in total. The van der Waals surface area contributed by atoms with Crippen molar-refractivity contribution >= 4 is 27.5 Å². The number of aromatic nitrogens is 2. The third-order valence-electron chi connectivity index (χ3n) is 3.27. The molecule has 1 amide bonds. The Morgan fingerprint density at radius 3 is 2.59 bits per heavy atom. The molecule has 0 spiro atoms. The molecule has 0 bridgehead atoms. The van der Waals surface area contributed by atoms with E-state index in [0.29, 0.717) is 5.56 Å². The quantitative estimate of drug-likeness (QED) is 0.765. The Morgan fingerprint density at radius 2 is 1.95 bits per heavy atom. The van der Waals surface area contributed by atoms with E-state index in [0.717, 1.165) is 21.4 Å². The van der Waals surface area contributed by atoms with Gasteiger partial charge >= 0.3 is 0 Å². The average Bonchev–Trinajstić information content (AvgIpc) is 3.04. The van der Waals surface area contributed by atoms with Gasteiger partial charge in [0.25, 0.3) is 5.91 Å². The maximum Gasteiger partial charge on any atom is 0.255 e. The van der Waals surface area contributed by atoms with Gasteiger partial charge in [-0.15, -0.1) is 0 Å². The van der Waals surface area contributed by atoms with Crippen LogP contribution in [0.5, 0.6) is 0 Å². The van der Waals surface area contributed by atoms with Gasteiger partial charge in [0.2, 0.25) is 0 Å². The van der Waals surface area contributed by atoms with Crippen molar-refractivity contribution in [2.75, 3.05) is 5.32 Å². The van der Waals surface area contributed by atoms with Gasteiger partial charge in [-0.3, -0.25) is 4.79 Å². The van der Waals surface area contributed by atoms with Crippen molar-refractivity contribution in [1.29, 1.82) is 0 Å². The largest absolute Gasteiger partial charge is 0.321 e. The number of hydrogen-bond donors (Lipinski definition) is 1. The highest BCUT2D eigenvalue weighted by atomic mass is 79.9. The van der Waals surface area contributed by atoms with Crippen LogP contribution in [0.4, 0.5) is 5.69 Å². The van der Waals surface area contributed by atoms with Gasteiger partial charge in [0.05, 0.1) is 11.4 Å². The summed E-state index contributed by atoms with van der Waals surface area (Å²) in [7, 11) is 0. The minimum atomic E-state index is -0.142. The maximum atomic E-state index is 12.3. The summed E-state index contributed by atoms with van der Waals surface area (Å²) in [5, 5.41) is 7.06. The fourth-order valence-electron chi connectivity index (χ4n) is 2.10. The van der Waals surface area contributed by atoms with Gasteiger partial charge in [0.1, 0.15) is 0 Å². The van der Waals surface area contributed by atoms with Gasteiger partial charge in [0, 0.05) is 22.4 Å². The summed E-state index contributed by atoms with van der Waals surface area (Å²) in [4.78, 5) is 12.3. The van der Waals surface area contributed by atoms with Gasteiger partial charge in [0.15, 0.2) is 0 Å². The van der Waals surface area contributed by atoms with Crippen molar-refractivity contribution in [3.8, 4) is 5.69 Å². The molecule has 3 rings (SSSR count). The number of halogens is 1. The zero-order valence-electron chi connectivity index (χ0n) is 12.0. The monoisotopic (exact) mass is 355 g/mol. The Kier molecular flexibility index (Phi) is 4.06. The molecular formula is C17H14BrN3O. The van der Waals surface area contributed by atoms with Crippen LogP contribution in [-0.4, -0.2) is 15.7 Å². The molecule has 0 radical (unpaired) electrons. The van der Waals surface area contributed by atoms with E-state index in [9.17, 15) is 4.79 Å². The molecule has 0 saturated heterocycles. The number of rotatable bonds is 3. The van der Waals surface area contributed by atoms with Crippen LogP contribution in [0.3, 0.4) is 0 Å². The van der Waals surface area contributed by atoms with Gasteiger partial charge < -0.3 is 5.32 Å². The van der Waals surface area contributed by atoms with Crippen molar-refractivity contribution < 1.29 is 4.79 Å². The zero-order valence-corrected chi connectivity index (χ0v) is 13.5. The van der Waals surface area contributed by atoms with Crippen LogP contribution < -0.4 is 5.32 Å². The Morgan fingerprint density at radius 1 is 1.18 bits per heavy atom. The minimum Gasteiger partial charge on any atom is -0.321 e. The van der Waals surface area contributed by atoms with Gasteiger partial charge in [-0.1, -0.05) is 6.07 Å². The lowest BCUT2D eigenvalue weighted by molar-refractivity contribution is 0.102. The molecule has 0 unspecified atom stereocenters. The summed E-state index contributed by atoms with van der Waals surface area (Å²) in [6.45, 7) is 2.00. The first kappa shape index (κ1) is 14.5. The third kappa shape index (κ3) is 3.09. The van der Waals surface area contributed by atoms with E-state index in [4.69, 9.17) is 0 Å². The van der Waals surface area contributed by atoms with E-state index in [1.54, 1.807) is 23.0 Å². The molecule has 0 aliphatic rings. The summed E-state index contributed by atoms with van der Waals surface area (Å²) in [6.07, 6.45) is 3.58. The Hall–Kier alpha value is -2.40. The number of carbonyl (C=O) groups excluding carboxylic acids is 1. The predicted molar refractivity (Wildman–Crippen MR) is 90.4 cm³/mol. The third-order valence-corrected chi connectivity index (χ3v) is 3.93. The number of amides is 1. The van der Waals surface area contributed by atoms with E-state index in [1.165, 1.54) is 0 Å². The van der Waals surface area contributed by atoms with Crippen LogP contribution in [0.2, 0.25) is 0 Å². The minimum absolute atomic E-state index is 0.142. The van der Waals surface area contributed by atoms with Crippen LogP contribution >= 0.6 is 15.9 Å². The smallest absolute Gasteiger partial charge is 0.255 e. The fourth-order valence-corrected chi connectivity index (χ4v) is 2.70. The second kappa shape index (κ2) is 6.15. The van der Waals surface area contributed by atoms with Crippen LogP contribution in [-0.2, 0) is 0 Å². The lowest BCUT2D eigenvalue weighted by atomic mass is 10.1. The SMILES string of the molecule is Cc1ccc(NC(=O)c2ccc(-n3cccn3)cc2)c(Br)c1. The molecule has 0 saturated carbocycles. The molecule has 3 aromatic rings. The number of aryl methyl sites for hydroxylation is 1. The molecule has 1 heterocycles. The number of carbonyl (C=O) groups is 1. The lowest BCUT2D eigenvalue weighted by Crippen LogP contribution is -2.12. The van der Waals surface area contributed by atoms with Crippen molar-refractivity contribution in [2.24, 2.45) is 0 Å². The topological polar surface area (TPSA) is 46.9 Å². The van der Waals surface area contributed by atoms with Crippen molar-refractivity contribution in [2.45, 2.75) is 6.92 Å². The molecule has 0 atom stereocenters. The molecule has 1 aromatic heterocycles. The highest BCUT2D eigenvalue weighted by Gasteiger charge is 2.08. The van der Waals surface area contributed by atoms with E-state index >= 15 is 0 Å². The number of benzene rings is 2. The number of nitrogens with one attached hydrogen (secondary N) is 1. The van der Waals surface area contributed by atoms with Gasteiger partial charge in [-0.25, -0.2) is 4.68 Å². The van der Waals surface area contributed by atoms with Crippen LogP contribution in [0.1, 0.15) is 15.9 Å². The highest BCUT2D eigenvalue weighted by molar-refractivity contribution is 9.10. The maximum absolute atomic E-state index is 12.3. The number of hydrogen-bond acceptors (Lipinski definition) is 2. The molecule has 5 heteroatoms. The van der Waals surface area contributed by atoms with Crippen molar-refractivity contribution in [1.82, 2.24) is 9.78 Å². The first-order valence-electron chi connectivity index (χ1n) is 6.81. The molecule has 22 heavy (non-hydrogen) atoms. The molecule has 4 nitrogen and oxygen atoms in total. The molecule has 0 aliphatic heterocycles. The normalized spacial score (nSPS) is 10.5. The molecule has 0 aliphatic carbocycles. The first-order valence-corrected chi connectivity index (χ1v) is 7.60. The van der Waals surface area contributed by atoms with Gasteiger partial charge in [-0.2, -0.15) is 5.10 Å². The zero-order chi connectivity index (χ0) is 15.5. The summed E-state index contributed by atoms with van der Waals surface area (Å²) in [5.74, 6) is -0.142. The van der Waals surface area contributed by atoms with E-state index in [-0.39, 0.29) is 5.91 Å². The average molecular weight is 356 g/mol. The van der Waals surface area contributed by atoms with Crippen LogP contribution in [0.25, 0.3) is 5.69 Å². The standard InChI is InChI=1S/C17H14BrN3O/c1-12-3-8-16(15(18)11-12)20-17(22)13-4-6-14(7-5-13)21-10-2-9-19-21/h2-11H,1H3,(H,20,22).